The molecule has 0 saturated carbocycles. The van der Waals surface area contributed by atoms with Gasteiger partial charge >= 0.3 is 0 Å². The first-order chi connectivity index (χ1) is 8.04. The molecule has 0 saturated heterocycles. The van der Waals surface area contributed by atoms with Gasteiger partial charge < -0.3 is 5.32 Å². The Kier molecular flexibility index (Phi) is 5.92. The largest absolute Gasteiger partial charge is 0.310 e. The van der Waals surface area contributed by atoms with Crippen molar-refractivity contribution in [3.63, 3.8) is 0 Å². The van der Waals surface area contributed by atoms with Crippen LogP contribution in [-0.4, -0.2) is 18.6 Å². The summed E-state index contributed by atoms with van der Waals surface area (Å²) in [4.78, 5) is 0. The van der Waals surface area contributed by atoms with E-state index in [0.29, 0.717) is 5.92 Å². The topological polar surface area (TPSA) is 12.0 Å². The number of nitrogens with one attached hydrogen (secondary N) is 1. The fourth-order valence-electron chi connectivity index (χ4n) is 1.62. The molecule has 17 heavy (non-hydrogen) atoms. The fraction of sp³-hybridized carbons (Fsp3) is 0.538. The zero-order chi connectivity index (χ0) is 12.8. The maximum Gasteiger partial charge on any atom is 0.159 e. The molecule has 0 aromatic heterocycles. The van der Waals surface area contributed by atoms with Crippen molar-refractivity contribution in [3.05, 3.63) is 35.4 Å². The molecular weight excluding hydrogens is 240 g/mol. The molecule has 0 aliphatic rings. The molecule has 0 radical (unpaired) electrons. The molecule has 0 aliphatic carbocycles. The number of hydrogen-bond acceptors (Lipinski definition) is 2. The van der Waals surface area contributed by atoms with Crippen molar-refractivity contribution in [1.82, 2.24) is 5.32 Å². The van der Waals surface area contributed by atoms with E-state index in [1.807, 2.05) is 18.7 Å². The minimum absolute atomic E-state index is 0.0365. The summed E-state index contributed by atoms with van der Waals surface area (Å²) in [6.45, 7) is 5.00. The van der Waals surface area contributed by atoms with Crippen LogP contribution in [-0.2, 0) is 0 Å². The Morgan fingerprint density at radius 2 is 1.94 bits per heavy atom. The van der Waals surface area contributed by atoms with Gasteiger partial charge in [0.2, 0.25) is 0 Å². The van der Waals surface area contributed by atoms with Gasteiger partial charge in [0, 0.05) is 6.04 Å². The van der Waals surface area contributed by atoms with Gasteiger partial charge in [0.05, 0.1) is 0 Å². The molecule has 1 N–H and O–H groups in total. The summed E-state index contributed by atoms with van der Waals surface area (Å²) >= 11 is 1.81. The lowest BCUT2D eigenvalue weighted by Crippen LogP contribution is -2.25. The van der Waals surface area contributed by atoms with Gasteiger partial charge in [-0.15, -0.1) is 0 Å². The maximum absolute atomic E-state index is 13.1. The standard InChI is InChI=1S/C13H19F2NS/c1-9(8-17-3)7-16-10(2)11-4-5-12(14)13(15)6-11/h4-6,9-10,16H,7-8H2,1-3H3. The van der Waals surface area contributed by atoms with Crippen molar-refractivity contribution >= 4 is 11.8 Å². The second kappa shape index (κ2) is 6.97. The van der Waals surface area contributed by atoms with Crippen molar-refractivity contribution in [3.8, 4) is 0 Å². The molecule has 0 bridgehead atoms. The lowest BCUT2D eigenvalue weighted by molar-refractivity contribution is 0.485. The highest BCUT2D eigenvalue weighted by Gasteiger charge is 2.10. The highest BCUT2D eigenvalue weighted by Crippen LogP contribution is 2.16. The number of benzene rings is 1. The molecule has 4 heteroatoms. The van der Waals surface area contributed by atoms with Gasteiger partial charge in [-0.2, -0.15) is 11.8 Å². The molecule has 0 fully saturated rings. The summed E-state index contributed by atoms with van der Waals surface area (Å²) in [5, 5.41) is 3.33. The SMILES string of the molecule is CSCC(C)CNC(C)c1ccc(F)c(F)c1. The molecular formula is C13H19F2NS. The van der Waals surface area contributed by atoms with Gasteiger partial charge in [0.1, 0.15) is 0 Å². The summed E-state index contributed by atoms with van der Waals surface area (Å²) in [6, 6.07) is 4.09. The van der Waals surface area contributed by atoms with Crippen LogP contribution in [0.25, 0.3) is 0 Å². The zero-order valence-corrected chi connectivity index (χ0v) is 11.3. The summed E-state index contributed by atoms with van der Waals surface area (Å²) in [6.07, 6.45) is 2.08. The second-order valence-corrected chi connectivity index (χ2v) is 5.27. The number of hydrogen-bond donors (Lipinski definition) is 1. The fourth-order valence-corrected chi connectivity index (χ4v) is 2.31. The summed E-state index contributed by atoms with van der Waals surface area (Å²) in [5.41, 5.74) is 0.778. The average molecular weight is 259 g/mol. The van der Waals surface area contributed by atoms with E-state index in [1.54, 1.807) is 6.07 Å². The molecule has 2 atom stereocenters. The van der Waals surface area contributed by atoms with E-state index in [-0.39, 0.29) is 6.04 Å². The van der Waals surface area contributed by atoms with Gasteiger partial charge in [-0.3, -0.25) is 0 Å². The average Bonchev–Trinajstić information content (AvgIpc) is 2.30. The first-order valence-corrected chi connectivity index (χ1v) is 7.11. The van der Waals surface area contributed by atoms with Gasteiger partial charge in [-0.05, 0) is 49.1 Å². The quantitative estimate of drug-likeness (QED) is 0.837. The van der Waals surface area contributed by atoms with Crippen LogP contribution in [0.2, 0.25) is 0 Å². The minimum Gasteiger partial charge on any atom is -0.310 e. The van der Waals surface area contributed by atoms with Gasteiger partial charge in [0.25, 0.3) is 0 Å². The summed E-state index contributed by atoms with van der Waals surface area (Å²) in [5.74, 6) is 0.0834. The Bertz CT molecular complexity index is 357. The monoisotopic (exact) mass is 259 g/mol. The molecule has 2 unspecified atom stereocenters. The Hall–Kier alpha value is -0.610. The van der Waals surface area contributed by atoms with Crippen molar-refractivity contribution in [1.29, 1.82) is 0 Å². The van der Waals surface area contributed by atoms with Crippen LogP contribution in [0, 0.1) is 17.6 Å². The zero-order valence-electron chi connectivity index (χ0n) is 10.5. The summed E-state index contributed by atoms with van der Waals surface area (Å²) < 4.78 is 25.8. The number of halogens is 2. The van der Waals surface area contributed by atoms with Gasteiger partial charge in [-0.1, -0.05) is 13.0 Å². The summed E-state index contributed by atoms with van der Waals surface area (Å²) in [7, 11) is 0. The third-order valence-electron chi connectivity index (χ3n) is 2.67. The van der Waals surface area contributed by atoms with E-state index < -0.39 is 11.6 Å². The van der Waals surface area contributed by atoms with Crippen molar-refractivity contribution < 1.29 is 8.78 Å². The Balaban J connectivity index is 2.52. The normalized spacial score (nSPS) is 14.6. The maximum atomic E-state index is 13.1. The van der Waals surface area contributed by atoms with E-state index in [0.717, 1.165) is 17.9 Å². The molecule has 96 valence electrons. The second-order valence-electron chi connectivity index (χ2n) is 4.36. The first-order valence-electron chi connectivity index (χ1n) is 5.72. The predicted molar refractivity (Wildman–Crippen MR) is 70.3 cm³/mol. The highest BCUT2D eigenvalue weighted by molar-refractivity contribution is 7.98. The molecule has 1 aromatic rings. The van der Waals surface area contributed by atoms with Crippen LogP contribution >= 0.6 is 11.8 Å². The Morgan fingerprint density at radius 1 is 1.24 bits per heavy atom. The molecule has 0 aliphatic heterocycles. The van der Waals surface area contributed by atoms with Crippen LogP contribution in [0.3, 0.4) is 0 Å². The minimum atomic E-state index is -0.795. The molecule has 0 spiro atoms. The van der Waals surface area contributed by atoms with Crippen LogP contribution in [0.15, 0.2) is 18.2 Å². The third kappa shape index (κ3) is 4.64. The van der Waals surface area contributed by atoms with E-state index in [9.17, 15) is 8.78 Å². The molecule has 1 aromatic carbocycles. The molecule has 1 nitrogen and oxygen atoms in total. The predicted octanol–water partition coefficient (Wildman–Crippen LogP) is 3.61. The van der Waals surface area contributed by atoms with Crippen molar-refractivity contribution in [2.45, 2.75) is 19.9 Å². The highest BCUT2D eigenvalue weighted by atomic mass is 32.2. The Morgan fingerprint density at radius 3 is 2.53 bits per heavy atom. The van der Waals surface area contributed by atoms with Crippen LogP contribution in [0.4, 0.5) is 8.78 Å². The molecule has 0 heterocycles. The van der Waals surface area contributed by atoms with E-state index in [2.05, 4.69) is 18.5 Å². The van der Waals surface area contributed by atoms with E-state index >= 15 is 0 Å². The number of rotatable bonds is 6. The van der Waals surface area contributed by atoms with Crippen LogP contribution in [0.1, 0.15) is 25.5 Å². The lowest BCUT2D eigenvalue weighted by Gasteiger charge is -2.17. The first kappa shape index (κ1) is 14.5. The number of thioether (sulfide) groups is 1. The van der Waals surface area contributed by atoms with Crippen molar-refractivity contribution in [2.24, 2.45) is 5.92 Å². The van der Waals surface area contributed by atoms with Crippen LogP contribution in [0.5, 0.6) is 0 Å². The van der Waals surface area contributed by atoms with Gasteiger partial charge in [-0.25, -0.2) is 8.78 Å². The van der Waals surface area contributed by atoms with E-state index in [1.165, 1.54) is 12.1 Å². The smallest absolute Gasteiger partial charge is 0.159 e. The molecule has 0 amide bonds. The Labute approximate surface area is 106 Å². The lowest BCUT2D eigenvalue weighted by atomic mass is 10.1. The molecule has 1 rings (SSSR count). The van der Waals surface area contributed by atoms with Crippen LogP contribution < -0.4 is 5.32 Å². The third-order valence-corrected chi connectivity index (χ3v) is 3.57. The van der Waals surface area contributed by atoms with Crippen molar-refractivity contribution in [2.75, 3.05) is 18.6 Å². The van der Waals surface area contributed by atoms with E-state index in [4.69, 9.17) is 0 Å². The van der Waals surface area contributed by atoms with Gasteiger partial charge in [0.15, 0.2) is 11.6 Å².